The van der Waals surface area contributed by atoms with E-state index in [9.17, 15) is 4.79 Å². The lowest BCUT2D eigenvalue weighted by atomic mass is 10.5. The van der Waals surface area contributed by atoms with Gasteiger partial charge in [-0.3, -0.25) is 0 Å². The highest BCUT2D eigenvalue weighted by molar-refractivity contribution is 5.77. The number of hydrogen-bond acceptors (Lipinski definition) is 4. The minimum atomic E-state index is -0.546. The third-order valence-electron chi connectivity index (χ3n) is 1.40. The van der Waals surface area contributed by atoms with Crippen molar-refractivity contribution < 1.29 is 4.79 Å². The van der Waals surface area contributed by atoms with E-state index in [1.807, 2.05) is 0 Å². The number of nitrogens with one attached hydrogen (secondary N) is 1. The number of fused-ring (bicyclic) bond motifs is 1. The largest absolute Gasteiger partial charge is 0.371 e. The summed E-state index contributed by atoms with van der Waals surface area (Å²) in [5.74, 6) is 0.467. The number of hydrogen-bond donors (Lipinski definition) is 1. The number of rotatable bonds is 1. The molecule has 0 atom stereocenters. The van der Waals surface area contributed by atoms with Crippen LogP contribution in [-0.4, -0.2) is 23.0 Å². The summed E-state index contributed by atoms with van der Waals surface area (Å²) in [6.45, 7) is 0. The van der Waals surface area contributed by atoms with Gasteiger partial charge in [0.05, 0.1) is 0 Å². The lowest BCUT2D eigenvalue weighted by Gasteiger charge is -1.92. The number of carbonyl (C=O) groups excluding carboxylic acids is 1. The highest BCUT2D eigenvalue weighted by atomic mass is 16.2. The molecular weight excluding hydrogens is 158 g/mol. The maximum Gasteiger partial charge on any atom is 0.369 e. The van der Waals surface area contributed by atoms with Gasteiger partial charge in [-0.05, 0) is 0 Å². The van der Waals surface area contributed by atoms with Crippen molar-refractivity contribution in [3.8, 4) is 0 Å². The molecule has 0 aliphatic carbocycles. The second-order valence-corrected chi connectivity index (χ2v) is 2.10. The normalized spacial score (nSPS) is 13.2. The van der Waals surface area contributed by atoms with Crippen molar-refractivity contribution >= 4 is 11.8 Å². The summed E-state index contributed by atoms with van der Waals surface area (Å²) in [6.07, 6.45) is 2.36. The van der Waals surface area contributed by atoms with E-state index < -0.39 is 6.03 Å². The molecule has 0 spiro atoms. The van der Waals surface area contributed by atoms with E-state index in [1.54, 1.807) is 7.05 Å². The van der Waals surface area contributed by atoms with Gasteiger partial charge in [-0.25, -0.2) is 14.8 Å². The van der Waals surface area contributed by atoms with Crippen LogP contribution < -0.4 is 16.2 Å². The van der Waals surface area contributed by atoms with Gasteiger partial charge in [-0.1, -0.05) is 0 Å². The van der Waals surface area contributed by atoms with E-state index in [4.69, 9.17) is 0 Å². The summed E-state index contributed by atoms with van der Waals surface area (Å²) in [4.78, 5) is 25.3. The van der Waals surface area contributed by atoms with E-state index >= 15 is 0 Å². The maximum absolute atomic E-state index is 10.7. The highest BCUT2D eigenvalue weighted by Crippen LogP contribution is 1.89. The Morgan fingerprint density at radius 3 is 2.92 bits per heavy atom. The molecule has 1 aliphatic heterocycles. The van der Waals surface area contributed by atoms with Gasteiger partial charge in [-0.15, -0.1) is 0 Å². The molecule has 0 unspecified atom stereocenters. The van der Waals surface area contributed by atoms with E-state index in [1.165, 1.54) is 0 Å². The van der Waals surface area contributed by atoms with Crippen LogP contribution in [0.1, 0.15) is 0 Å². The Hall–Kier alpha value is -1.85. The first kappa shape index (κ1) is 6.84. The van der Waals surface area contributed by atoms with Gasteiger partial charge < -0.3 is 5.32 Å². The highest BCUT2D eigenvalue weighted by Gasteiger charge is 2.09. The van der Waals surface area contributed by atoms with E-state index in [0.717, 1.165) is 0 Å². The molecule has 1 aliphatic rings. The van der Waals surface area contributed by atoms with E-state index in [-0.39, 0.29) is 5.49 Å². The second-order valence-electron chi connectivity index (χ2n) is 2.10. The van der Waals surface area contributed by atoms with Crippen molar-refractivity contribution in [1.82, 2.24) is 9.97 Å². The standard InChI is InChI=1S/C6H4N5O/c1-7-4-3-5(9-2-8-4)11-6(12)10-3/h1H3,(H,7,8,9,11,12). The van der Waals surface area contributed by atoms with Gasteiger partial charge >= 0.3 is 6.03 Å². The second kappa shape index (κ2) is 2.33. The smallest absolute Gasteiger partial charge is 0.369 e. The first-order valence-electron chi connectivity index (χ1n) is 3.24. The molecule has 1 N–H and O–H groups in total. The first-order valence-corrected chi connectivity index (χ1v) is 3.24. The molecule has 0 aromatic carbocycles. The lowest BCUT2D eigenvalue weighted by Crippen LogP contribution is -2.29. The van der Waals surface area contributed by atoms with Crippen LogP contribution in [0.4, 0.5) is 10.6 Å². The summed E-state index contributed by atoms with van der Waals surface area (Å²) in [6, 6.07) is -0.546. The average molecular weight is 162 g/mol. The van der Waals surface area contributed by atoms with Crippen LogP contribution in [0, 0.1) is 6.33 Å². The summed E-state index contributed by atoms with van der Waals surface area (Å²) in [5.41, 5.74) is 0.277. The molecule has 1 radical (unpaired) electrons. The SMILES string of the molecule is CNc1n[c]nc2c1=NC(=O)N=2. The van der Waals surface area contributed by atoms with Crippen molar-refractivity contribution in [2.45, 2.75) is 0 Å². The molecule has 0 bridgehead atoms. The molecule has 0 saturated carbocycles. The van der Waals surface area contributed by atoms with Crippen molar-refractivity contribution in [3.63, 3.8) is 0 Å². The van der Waals surface area contributed by atoms with Gasteiger partial charge in [0, 0.05) is 7.05 Å². The van der Waals surface area contributed by atoms with Crippen LogP contribution in [0.5, 0.6) is 0 Å². The Morgan fingerprint density at radius 2 is 2.17 bits per heavy atom. The topological polar surface area (TPSA) is 79.6 Å². The molecule has 59 valence electrons. The maximum atomic E-state index is 10.7. The summed E-state index contributed by atoms with van der Waals surface area (Å²) in [7, 11) is 1.68. The van der Waals surface area contributed by atoms with Gasteiger partial charge in [-0.2, -0.15) is 9.98 Å². The number of aromatic nitrogens is 2. The van der Waals surface area contributed by atoms with Crippen LogP contribution in [0.2, 0.25) is 0 Å². The fourth-order valence-corrected chi connectivity index (χ4v) is 0.901. The third kappa shape index (κ3) is 0.849. The predicted octanol–water partition coefficient (Wildman–Crippen LogP) is -1.31. The van der Waals surface area contributed by atoms with Crippen LogP contribution in [-0.2, 0) is 0 Å². The Labute approximate surface area is 67.1 Å². The number of amides is 2. The minimum absolute atomic E-state index is 0.277. The van der Waals surface area contributed by atoms with Gasteiger partial charge in [0.25, 0.3) is 0 Å². The third-order valence-corrected chi connectivity index (χ3v) is 1.40. The molecule has 2 heterocycles. The fourth-order valence-electron chi connectivity index (χ4n) is 0.901. The molecule has 6 nitrogen and oxygen atoms in total. The fraction of sp³-hybridized carbons (Fsp3) is 0.167. The zero-order valence-electron chi connectivity index (χ0n) is 6.20. The van der Waals surface area contributed by atoms with Crippen LogP contribution >= 0.6 is 0 Å². The lowest BCUT2D eigenvalue weighted by molar-refractivity contribution is 0.256. The molecule has 2 rings (SSSR count). The quantitative estimate of drug-likeness (QED) is 0.556. The van der Waals surface area contributed by atoms with Crippen LogP contribution in [0.3, 0.4) is 0 Å². The number of urea groups is 1. The van der Waals surface area contributed by atoms with Gasteiger partial charge in [0.2, 0.25) is 6.33 Å². The average Bonchev–Trinajstić information content (AvgIpc) is 2.44. The molecular formula is C6H4N5O. The van der Waals surface area contributed by atoms with Crippen LogP contribution in [0.15, 0.2) is 9.98 Å². The van der Waals surface area contributed by atoms with Crippen molar-refractivity contribution in [1.29, 1.82) is 0 Å². The first-order chi connectivity index (χ1) is 5.81. The Bertz CT molecular complexity index is 451. The van der Waals surface area contributed by atoms with Crippen LogP contribution in [0.25, 0.3) is 0 Å². The van der Waals surface area contributed by atoms with Crippen molar-refractivity contribution in [2.75, 3.05) is 12.4 Å². The summed E-state index contributed by atoms with van der Waals surface area (Å²) >= 11 is 0. The Balaban J connectivity index is 2.84. The number of carbonyl (C=O) groups is 1. The molecule has 1 aromatic rings. The van der Waals surface area contributed by atoms with E-state index in [2.05, 4.69) is 31.6 Å². The molecule has 1 aromatic heterocycles. The molecule has 2 amide bonds. The van der Waals surface area contributed by atoms with Gasteiger partial charge in [0.1, 0.15) is 0 Å². The summed E-state index contributed by atoms with van der Waals surface area (Å²) in [5, 5.41) is 3.15. The Morgan fingerprint density at radius 1 is 1.33 bits per heavy atom. The zero-order chi connectivity index (χ0) is 8.55. The number of nitrogens with zero attached hydrogens (tertiary/aromatic N) is 4. The molecule has 0 fully saturated rings. The van der Waals surface area contributed by atoms with Crippen molar-refractivity contribution in [2.24, 2.45) is 9.98 Å². The monoisotopic (exact) mass is 162 g/mol. The molecule has 12 heavy (non-hydrogen) atoms. The predicted molar refractivity (Wildman–Crippen MR) is 38.1 cm³/mol. The Kier molecular flexibility index (Phi) is 1.33. The molecule has 6 heteroatoms. The van der Waals surface area contributed by atoms with Gasteiger partial charge in [0.15, 0.2) is 16.7 Å². The molecule has 0 saturated heterocycles. The summed E-state index contributed by atoms with van der Waals surface area (Å²) < 4.78 is 0. The minimum Gasteiger partial charge on any atom is -0.371 e. The van der Waals surface area contributed by atoms with E-state index in [0.29, 0.717) is 11.2 Å². The number of anilines is 1. The van der Waals surface area contributed by atoms with Crippen molar-refractivity contribution in [3.05, 3.63) is 17.2 Å². The zero-order valence-corrected chi connectivity index (χ0v) is 6.20.